The zero-order chi connectivity index (χ0) is 20.1. The van der Waals surface area contributed by atoms with Crippen LogP contribution in [-0.2, 0) is 4.74 Å². The molecule has 30 heavy (non-hydrogen) atoms. The monoisotopic (exact) mass is 415 g/mol. The molecule has 1 fully saturated rings. The number of hydrogen-bond acceptors (Lipinski definition) is 8. The second-order valence-electron chi connectivity index (χ2n) is 7.24. The van der Waals surface area contributed by atoms with Crippen molar-refractivity contribution in [1.29, 1.82) is 0 Å². The Labute approximate surface area is 177 Å². The molecule has 0 spiro atoms. The van der Waals surface area contributed by atoms with E-state index >= 15 is 0 Å². The van der Waals surface area contributed by atoms with Crippen LogP contribution in [0.25, 0.3) is 16.7 Å². The summed E-state index contributed by atoms with van der Waals surface area (Å²) >= 11 is 0. The van der Waals surface area contributed by atoms with Gasteiger partial charge >= 0.3 is 0 Å². The quantitative estimate of drug-likeness (QED) is 0.512. The zero-order valence-corrected chi connectivity index (χ0v) is 16.9. The van der Waals surface area contributed by atoms with Crippen LogP contribution < -0.4 is 15.8 Å². The fraction of sp³-hybridized carbons (Fsp3) is 0.571. The van der Waals surface area contributed by atoms with Gasteiger partial charge in [0, 0.05) is 32.2 Å². The summed E-state index contributed by atoms with van der Waals surface area (Å²) in [6.07, 6.45) is 1.96. The lowest BCUT2D eigenvalue weighted by Crippen LogP contribution is -2.38. The van der Waals surface area contributed by atoms with Crippen molar-refractivity contribution < 1.29 is 9.47 Å². The maximum absolute atomic E-state index is 6.00. The highest BCUT2D eigenvalue weighted by Gasteiger charge is 2.14. The van der Waals surface area contributed by atoms with E-state index in [4.69, 9.17) is 20.2 Å². The van der Waals surface area contributed by atoms with Gasteiger partial charge in [-0.15, -0.1) is 10.2 Å². The molecule has 0 saturated carbocycles. The predicted molar refractivity (Wildman–Crippen MR) is 119 cm³/mol. The van der Waals surface area contributed by atoms with Crippen molar-refractivity contribution in [2.45, 2.75) is 27.2 Å². The molecule has 1 aromatic carbocycles. The second kappa shape index (κ2) is 10.5. The summed E-state index contributed by atoms with van der Waals surface area (Å²) < 4.78 is 13.4. The Bertz CT molecular complexity index is 953. The van der Waals surface area contributed by atoms with Gasteiger partial charge in [0.05, 0.1) is 24.2 Å². The van der Waals surface area contributed by atoms with E-state index in [9.17, 15) is 0 Å². The Morgan fingerprint density at radius 2 is 2.03 bits per heavy atom. The number of nitrogens with zero attached hydrogens (tertiary/aromatic N) is 5. The van der Waals surface area contributed by atoms with Gasteiger partial charge in [0.2, 0.25) is 5.65 Å². The molecule has 0 unspecified atom stereocenters. The molecule has 2 aromatic heterocycles. The van der Waals surface area contributed by atoms with Crippen molar-refractivity contribution in [3.63, 3.8) is 0 Å². The summed E-state index contributed by atoms with van der Waals surface area (Å²) in [5, 5.41) is 11.9. The molecule has 1 aliphatic heterocycles. The van der Waals surface area contributed by atoms with Gasteiger partial charge in [-0.3, -0.25) is 9.30 Å². The van der Waals surface area contributed by atoms with E-state index in [1.165, 1.54) is 0 Å². The molecule has 3 heterocycles. The Balaban J connectivity index is 0.00000256. The van der Waals surface area contributed by atoms with Crippen molar-refractivity contribution in [3.05, 3.63) is 24.0 Å². The second-order valence-corrected chi connectivity index (χ2v) is 7.24. The summed E-state index contributed by atoms with van der Waals surface area (Å²) in [5.74, 6) is 2.39. The van der Waals surface area contributed by atoms with Crippen LogP contribution in [-0.4, -0.2) is 77.0 Å². The molecule has 3 N–H and O–H groups in total. The molecule has 0 aliphatic carbocycles. The van der Waals surface area contributed by atoms with Gasteiger partial charge in [-0.05, 0) is 38.4 Å². The van der Waals surface area contributed by atoms with Crippen LogP contribution in [0, 0.1) is 6.92 Å². The van der Waals surface area contributed by atoms with Gasteiger partial charge < -0.3 is 20.5 Å². The predicted octanol–water partition coefficient (Wildman–Crippen LogP) is 2.08. The average Bonchev–Trinajstić information content (AvgIpc) is 3.14. The molecule has 9 nitrogen and oxygen atoms in total. The highest BCUT2D eigenvalue weighted by Crippen LogP contribution is 2.25. The Kier molecular flexibility index (Phi) is 7.78. The van der Waals surface area contributed by atoms with E-state index in [0.717, 1.165) is 86.3 Å². The minimum Gasteiger partial charge on any atom is -0.492 e. The van der Waals surface area contributed by atoms with Crippen LogP contribution in [0.2, 0.25) is 0 Å². The Hall–Kier alpha value is -2.49. The average molecular weight is 416 g/mol. The molecule has 9 heteroatoms. The topological polar surface area (TPSA) is 103 Å². The third kappa shape index (κ3) is 4.97. The first-order chi connectivity index (χ1) is 14.3. The van der Waals surface area contributed by atoms with Crippen molar-refractivity contribution in [2.24, 2.45) is 5.73 Å². The number of benzene rings is 1. The van der Waals surface area contributed by atoms with Crippen molar-refractivity contribution >= 4 is 22.5 Å². The summed E-state index contributed by atoms with van der Waals surface area (Å²) in [4.78, 5) is 7.16. The summed E-state index contributed by atoms with van der Waals surface area (Å²) in [6, 6.07) is 5.99. The lowest BCUT2D eigenvalue weighted by atomic mass is 10.2. The van der Waals surface area contributed by atoms with E-state index in [1.54, 1.807) is 0 Å². The third-order valence-electron chi connectivity index (χ3n) is 5.16. The molecule has 0 radical (unpaired) electrons. The normalized spacial score (nSPS) is 14.7. The number of morpholine rings is 1. The highest BCUT2D eigenvalue weighted by molar-refractivity contribution is 5.84. The smallest absolute Gasteiger partial charge is 0.204 e. The highest BCUT2D eigenvalue weighted by atomic mass is 16.5. The molecule has 0 bridgehead atoms. The molecule has 0 atom stereocenters. The number of aryl methyl sites for hydroxylation is 1. The molecule has 4 rings (SSSR count). The van der Waals surface area contributed by atoms with Crippen LogP contribution in [0.5, 0.6) is 5.75 Å². The van der Waals surface area contributed by atoms with Gasteiger partial charge in [-0.25, -0.2) is 4.98 Å². The van der Waals surface area contributed by atoms with E-state index in [0.29, 0.717) is 13.2 Å². The first kappa shape index (κ1) is 22.2. The van der Waals surface area contributed by atoms with Crippen LogP contribution in [0.15, 0.2) is 18.2 Å². The minimum absolute atomic E-state index is 0. The fourth-order valence-electron chi connectivity index (χ4n) is 3.56. The lowest BCUT2D eigenvalue weighted by molar-refractivity contribution is 0.0322. The SMILES string of the molecule is C.Cc1nnc2c(NCCCCN)nc3cc(OCCN4CCOCC4)ccc3n12. The number of ether oxygens (including phenoxy) is 2. The van der Waals surface area contributed by atoms with Crippen molar-refractivity contribution in [3.8, 4) is 5.75 Å². The lowest BCUT2D eigenvalue weighted by Gasteiger charge is -2.26. The molecule has 1 saturated heterocycles. The number of anilines is 1. The van der Waals surface area contributed by atoms with Crippen LogP contribution in [0.3, 0.4) is 0 Å². The maximum atomic E-state index is 6.00. The molecule has 0 amide bonds. The number of hydrogen-bond donors (Lipinski definition) is 2. The molecule has 1 aliphatic rings. The number of unbranched alkanes of at least 4 members (excludes halogenated alkanes) is 1. The van der Waals surface area contributed by atoms with Gasteiger partial charge in [0.1, 0.15) is 18.2 Å². The minimum atomic E-state index is 0. The van der Waals surface area contributed by atoms with Gasteiger partial charge in [-0.2, -0.15) is 0 Å². The van der Waals surface area contributed by atoms with E-state index in [2.05, 4.69) is 20.4 Å². The van der Waals surface area contributed by atoms with Crippen LogP contribution in [0.4, 0.5) is 5.82 Å². The van der Waals surface area contributed by atoms with E-state index < -0.39 is 0 Å². The zero-order valence-electron chi connectivity index (χ0n) is 16.9. The van der Waals surface area contributed by atoms with Crippen molar-refractivity contribution in [1.82, 2.24) is 24.5 Å². The summed E-state index contributed by atoms with van der Waals surface area (Å²) in [7, 11) is 0. The van der Waals surface area contributed by atoms with Crippen LogP contribution in [0.1, 0.15) is 26.1 Å². The van der Waals surface area contributed by atoms with Crippen molar-refractivity contribution in [2.75, 3.05) is 57.9 Å². The van der Waals surface area contributed by atoms with E-state index in [1.807, 2.05) is 29.5 Å². The number of fused-ring (bicyclic) bond motifs is 3. The molecular weight excluding hydrogens is 382 g/mol. The number of nitrogens with two attached hydrogens (primary N) is 1. The first-order valence-electron chi connectivity index (χ1n) is 10.3. The largest absolute Gasteiger partial charge is 0.492 e. The molecule has 3 aromatic rings. The Morgan fingerprint density at radius 3 is 2.83 bits per heavy atom. The summed E-state index contributed by atoms with van der Waals surface area (Å²) in [6.45, 7) is 8.51. The fourth-order valence-corrected chi connectivity index (χ4v) is 3.56. The number of aromatic nitrogens is 4. The Morgan fingerprint density at radius 1 is 1.20 bits per heavy atom. The first-order valence-corrected chi connectivity index (χ1v) is 10.3. The molecular formula is C21H33N7O2. The maximum Gasteiger partial charge on any atom is 0.204 e. The molecule has 164 valence electrons. The van der Waals surface area contributed by atoms with Crippen LogP contribution >= 0.6 is 0 Å². The third-order valence-corrected chi connectivity index (χ3v) is 5.16. The summed E-state index contributed by atoms with van der Waals surface area (Å²) in [5.41, 5.74) is 8.15. The van der Waals surface area contributed by atoms with E-state index in [-0.39, 0.29) is 7.43 Å². The number of nitrogens with one attached hydrogen (secondary N) is 1. The van der Waals surface area contributed by atoms with Gasteiger partial charge in [0.15, 0.2) is 5.82 Å². The number of rotatable bonds is 9. The van der Waals surface area contributed by atoms with Gasteiger partial charge in [-0.1, -0.05) is 7.43 Å². The standard InChI is InChI=1S/C20H29N7O2.CH4/c1-15-24-25-20-19(22-7-3-2-6-21)23-17-14-16(4-5-18(17)27(15)20)29-13-10-26-8-11-28-12-9-26;/h4-5,14H,2-3,6-13,21H2,1H3,(H,22,23);1H4. The van der Waals surface area contributed by atoms with Gasteiger partial charge in [0.25, 0.3) is 0 Å².